The van der Waals surface area contributed by atoms with E-state index < -0.39 is 11.9 Å². The van der Waals surface area contributed by atoms with Gasteiger partial charge in [-0.15, -0.1) is 11.6 Å². The van der Waals surface area contributed by atoms with E-state index in [1.165, 1.54) is 18.9 Å². The number of halogens is 1. The highest BCUT2D eigenvalue weighted by atomic mass is 35.5. The Morgan fingerprint density at radius 3 is 2.35 bits per heavy atom. The molecule has 0 atom stereocenters. The molecule has 31 heavy (non-hydrogen) atoms. The van der Waals surface area contributed by atoms with Gasteiger partial charge in [0.1, 0.15) is 17.0 Å². The maximum absolute atomic E-state index is 12.7. The number of esters is 2. The van der Waals surface area contributed by atoms with E-state index in [0.717, 1.165) is 12.0 Å². The van der Waals surface area contributed by atoms with Crippen molar-refractivity contribution in [1.29, 1.82) is 0 Å². The number of hydrogen-bond donors (Lipinski definition) is 0. The molecule has 8 heteroatoms. The van der Waals surface area contributed by atoms with Crippen LogP contribution in [0.2, 0.25) is 0 Å². The molecule has 3 aromatic rings. The molecule has 0 amide bonds. The Labute approximate surface area is 185 Å². The number of methoxy groups -OCH3 is 2. The highest BCUT2D eigenvalue weighted by molar-refractivity contribution is 6.17. The summed E-state index contributed by atoms with van der Waals surface area (Å²) < 4.78 is 17.0. The largest absolute Gasteiger partial charge is 0.493 e. The third kappa shape index (κ3) is 4.56. The van der Waals surface area contributed by atoms with Gasteiger partial charge in [0.15, 0.2) is 5.69 Å². The third-order valence-corrected chi connectivity index (χ3v) is 4.88. The molecular formula is C23H23ClN2O5. The molecule has 162 valence electrons. The second-order valence-electron chi connectivity index (χ2n) is 6.61. The highest BCUT2D eigenvalue weighted by Gasteiger charge is 2.31. The van der Waals surface area contributed by atoms with Crippen molar-refractivity contribution in [2.24, 2.45) is 0 Å². The molecule has 0 radical (unpaired) electrons. The van der Waals surface area contributed by atoms with Crippen molar-refractivity contribution in [2.75, 3.05) is 20.8 Å². The zero-order valence-electron chi connectivity index (χ0n) is 17.6. The molecule has 0 saturated heterocycles. The van der Waals surface area contributed by atoms with Crippen LogP contribution in [0.1, 0.15) is 39.8 Å². The van der Waals surface area contributed by atoms with Crippen LogP contribution in [-0.4, -0.2) is 42.5 Å². The minimum absolute atomic E-state index is 0.0148. The summed E-state index contributed by atoms with van der Waals surface area (Å²) in [6.45, 7) is 2.58. The van der Waals surface area contributed by atoms with Crippen molar-refractivity contribution >= 4 is 23.5 Å². The lowest BCUT2D eigenvalue weighted by molar-refractivity contribution is 0.0549. The van der Waals surface area contributed by atoms with E-state index in [1.807, 2.05) is 13.0 Å². The molecular weight excluding hydrogens is 420 g/mol. The monoisotopic (exact) mass is 442 g/mol. The summed E-state index contributed by atoms with van der Waals surface area (Å²) in [6, 6.07) is 14.3. The van der Waals surface area contributed by atoms with Crippen molar-refractivity contribution in [3.8, 4) is 22.7 Å². The second kappa shape index (κ2) is 10.1. The van der Waals surface area contributed by atoms with Gasteiger partial charge < -0.3 is 14.2 Å². The fourth-order valence-corrected chi connectivity index (χ4v) is 3.35. The maximum Gasteiger partial charge on any atom is 0.357 e. The second-order valence-corrected chi connectivity index (χ2v) is 6.87. The van der Waals surface area contributed by atoms with Gasteiger partial charge in [0.2, 0.25) is 0 Å². The van der Waals surface area contributed by atoms with Gasteiger partial charge in [-0.25, -0.2) is 14.3 Å². The molecule has 0 fully saturated rings. The summed E-state index contributed by atoms with van der Waals surface area (Å²) in [7, 11) is 2.50. The third-order valence-electron chi connectivity index (χ3n) is 4.59. The van der Waals surface area contributed by atoms with Crippen LogP contribution in [0.3, 0.4) is 0 Å². The smallest absolute Gasteiger partial charge is 0.357 e. The lowest BCUT2D eigenvalue weighted by atomic mass is 10.0. The average Bonchev–Trinajstić information content (AvgIpc) is 3.22. The molecule has 1 aromatic heterocycles. The molecule has 3 rings (SSSR count). The average molecular weight is 443 g/mol. The van der Waals surface area contributed by atoms with Gasteiger partial charge in [-0.1, -0.05) is 25.1 Å². The van der Waals surface area contributed by atoms with Gasteiger partial charge in [0, 0.05) is 11.1 Å². The number of hydrogen-bond acceptors (Lipinski definition) is 6. The molecule has 0 spiro atoms. The minimum Gasteiger partial charge on any atom is -0.493 e. The number of aromatic nitrogens is 2. The van der Waals surface area contributed by atoms with Gasteiger partial charge in [-0.3, -0.25) is 0 Å². The van der Waals surface area contributed by atoms with E-state index in [0.29, 0.717) is 23.6 Å². The van der Waals surface area contributed by atoms with E-state index in [-0.39, 0.29) is 22.8 Å². The summed E-state index contributed by atoms with van der Waals surface area (Å²) in [5, 5.41) is 4.59. The van der Waals surface area contributed by atoms with Gasteiger partial charge in [0.25, 0.3) is 0 Å². The van der Waals surface area contributed by atoms with E-state index in [9.17, 15) is 9.59 Å². The molecule has 0 bridgehead atoms. The van der Waals surface area contributed by atoms with Crippen LogP contribution in [0.5, 0.6) is 5.75 Å². The Balaban J connectivity index is 2.26. The summed E-state index contributed by atoms with van der Waals surface area (Å²) in [6.07, 6.45) is 0.861. The summed E-state index contributed by atoms with van der Waals surface area (Å²) >= 11 is 6.13. The Kier molecular flexibility index (Phi) is 7.31. The normalized spacial score (nSPS) is 10.6. The lowest BCUT2D eigenvalue weighted by Gasteiger charge is -2.11. The summed E-state index contributed by atoms with van der Waals surface area (Å²) in [5.41, 5.74) is 2.22. The van der Waals surface area contributed by atoms with Crippen LogP contribution < -0.4 is 4.74 Å². The SMILES string of the molecule is CCCOc1ccc(-c2nn(-c3ccccc3)c(C(=O)OC)c2C(=O)OC)cc1CCl. The predicted octanol–water partition coefficient (Wildman–Crippen LogP) is 4.64. The number of para-hydroxylation sites is 1. The van der Waals surface area contributed by atoms with Crippen molar-refractivity contribution in [3.05, 3.63) is 65.4 Å². The van der Waals surface area contributed by atoms with E-state index in [2.05, 4.69) is 5.10 Å². The van der Waals surface area contributed by atoms with E-state index >= 15 is 0 Å². The van der Waals surface area contributed by atoms with Gasteiger partial charge in [-0.05, 0) is 36.8 Å². The van der Waals surface area contributed by atoms with Crippen LogP contribution in [0, 0.1) is 0 Å². The molecule has 2 aromatic carbocycles. The summed E-state index contributed by atoms with van der Waals surface area (Å²) in [5.74, 6) is -0.528. The Morgan fingerprint density at radius 1 is 1.03 bits per heavy atom. The van der Waals surface area contributed by atoms with Crippen molar-refractivity contribution < 1.29 is 23.8 Å². The van der Waals surface area contributed by atoms with Crippen LogP contribution in [-0.2, 0) is 15.4 Å². The number of carbonyl (C=O) groups is 2. The number of nitrogens with zero attached hydrogens (tertiary/aromatic N) is 2. The lowest BCUT2D eigenvalue weighted by Crippen LogP contribution is -2.15. The van der Waals surface area contributed by atoms with Gasteiger partial charge in [0.05, 0.1) is 32.4 Å². The van der Waals surface area contributed by atoms with E-state index in [1.54, 1.807) is 42.5 Å². The first-order valence-electron chi connectivity index (χ1n) is 9.72. The van der Waals surface area contributed by atoms with Gasteiger partial charge in [-0.2, -0.15) is 5.10 Å². The molecule has 7 nitrogen and oxygen atoms in total. The number of benzene rings is 2. The molecule has 0 aliphatic rings. The molecule has 0 aliphatic carbocycles. The van der Waals surface area contributed by atoms with Gasteiger partial charge >= 0.3 is 11.9 Å². The van der Waals surface area contributed by atoms with Crippen LogP contribution >= 0.6 is 11.6 Å². The standard InChI is InChI=1S/C23H23ClN2O5/c1-4-12-31-18-11-10-15(13-16(18)14-24)20-19(22(27)29-2)21(23(28)30-3)26(25-20)17-8-6-5-7-9-17/h5-11,13H,4,12,14H2,1-3H3. The fourth-order valence-electron chi connectivity index (χ4n) is 3.14. The van der Waals surface area contributed by atoms with Crippen molar-refractivity contribution in [1.82, 2.24) is 9.78 Å². The Hall–Kier alpha value is -3.32. The molecule has 1 heterocycles. The highest BCUT2D eigenvalue weighted by Crippen LogP contribution is 2.32. The molecule has 0 aliphatic heterocycles. The quantitative estimate of drug-likeness (QED) is 0.373. The van der Waals surface area contributed by atoms with Crippen LogP contribution in [0.4, 0.5) is 0 Å². The number of rotatable bonds is 8. The summed E-state index contributed by atoms with van der Waals surface area (Å²) in [4.78, 5) is 25.4. The van der Waals surface area contributed by atoms with Crippen LogP contribution in [0.25, 0.3) is 16.9 Å². The van der Waals surface area contributed by atoms with E-state index in [4.69, 9.17) is 25.8 Å². The fraction of sp³-hybridized carbons (Fsp3) is 0.261. The molecule has 0 saturated carbocycles. The number of ether oxygens (including phenoxy) is 3. The van der Waals surface area contributed by atoms with Crippen molar-refractivity contribution in [2.45, 2.75) is 19.2 Å². The topological polar surface area (TPSA) is 79.7 Å². The maximum atomic E-state index is 12.7. The van der Waals surface area contributed by atoms with Crippen LogP contribution in [0.15, 0.2) is 48.5 Å². The van der Waals surface area contributed by atoms with Crippen molar-refractivity contribution in [3.63, 3.8) is 0 Å². The Bertz CT molecular complexity index is 1080. The zero-order chi connectivity index (χ0) is 22.4. The first kappa shape index (κ1) is 22.4. The molecule has 0 unspecified atom stereocenters. The number of carbonyl (C=O) groups excluding carboxylic acids is 2. The first-order chi connectivity index (χ1) is 15.0. The predicted molar refractivity (Wildman–Crippen MR) is 117 cm³/mol. The zero-order valence-corrected chi connectivity index (χ0v) is 18.3. The number of alkyl halides is 1. The first-order valence-corrected chi connectivity index (χ1v) is 10.3. The molecule has 0 N–H and O–H groups in total. The Morgan fingerprint density at radius 2 is 1.74 bits per heavy atom. The minimum atomic E-state index is -0.705.